The molecule has 3 nitrogen and oxygen atoms in total. The fraction of sp³-hybridized carbons (Fsp3) is 0.417. The van der Waals surface area contributed by atoms with Crippen LogP contribution < -0.4 is 5.32 Å². The number of hydrogen-bond acceptors (Lipinski definition) is 4. The largest absolute Gasteiger partial charge is 0.465 e. The van der Waals surface area contributed by atoms with Gasteiger partial charge in [0.1, 0.15) is 0 Å². The molecule has 1 aromatic carbocycles. The summed E-state index contributed by atoms with van der Waals surface area (Å²) in [5.74, 6) is 0.183. The van der Waals surface area contributed by atoms with Crippen LogP contribution in [-0.4, -0.2) is 25.4 Å². The second-order valence-electron chi connectivity index (χ2n) is 3.38. The second kappa shape index (κ2) is 7.74. The van der Waals surface area contributed by atoms with Crippen molar-refractivity contribution in [2.45, 2.75) is 18.4 Å². The molecule has 0 radical (unpaired) electrons. The molecule has 1 N–H and O–H groups in total. The highest BCUT2D eigenvalue weighted by atomic mass is 79.9. The van der Waals surface area contributed by atoms with E-state index in [9.17, 15) is 4.79 Å². The molecular weight excluding hydrogens is 302 g/mol. The number of nitrogens with one attached hydrogen (secondary N) is 1. The second-order valence-corrected chi connectivity index (χ2v) is 5.31. The maximum atomic E-state index is 11.3. The number of ether oxygens (including phenoxy) is 1. The summed E-state index contributed by atoms with van der Waals surface area (Å²) in [7, 11) is 1.90. The molecule has 0 aliphatic rings. The number of thioether (sulfide) groups is 1. The van der Waals surface area contributed by atoms with Gasteiger partial charge in [0.15, 0.2) is 0 Å². The molecule has 0 heterocycles. The summed E-state index contributed by atoms with van der Waals surface area (Å²) >= 11 is 4.95. The Morgan fingerprint density at radius 2 is 2.29 bits per heavy atom. The van der Waals surface area contributed by atoms with Gasteiger partial charge in [-0.05, 0) is 37.7 Å². The van der Waals surface area contributed by atoms with Gasteiger partial charge in [-0.2, -0.15) is 0 Å². The minimum Gasteiger partial charge on any atom is -0.465 e. The summed E-state index contributed by atoms with van der Waals surface area (Å²) in [5.41, 5.74) is 1.18. The van der Waals surface area contributed by atoms with Gasteiger partial charge in [-0.1, -0.05) is 15.9 Å². The summed E-state index contributed by atoms with van der Waals surface area (Å²) < 4.78 is 5.95. The van der Waals surface area contributed by atoms with Crippen molar-refractivity contribution in [2.75, 3.05) is 19.4 Å². The normalized spacial score (nSPS) is 10.3. The van der Waals surface area contributed by atoms with Gasteiger partial charge in [0.25, 0.3) is 0 Å². The predicted octanol–water partition coefficient (Wildman–Crippen LogP) is 2.82. The molecule has 0 aliphatic heterocycles. The highest BCUT2D eigenvalue weighted by Crippen LogP contribution is 2.26. The molecule has 0 amide bonds. The third-order valence-electron chi connectivity index (χ3n) is 2.04. The van der Waals surface area contributed by atoms with Gasteiger partial charge in [0.2, 0.25) is 0 Å². The zero-order valence-electron chi connectivity index (χ0n) is 9.96. The van der Waals surface area contributed by atoms with Crippen molar-refractivity contribution in [2.24, 2.45) is 0 Å². The molecule has 0 fully saturated rings. The fourth-order valence-electron chi connectivity index (χ4n) is 1.36. The van der Waals surface area contributed by atoms with E-state index in [1.807, 2.05) is 26.1 Å². The van der Waals surface area contributed by atoms with Crippen molar-refractivity contribution >= 4 is 33.7 Å². The number of hydrogen-bond donors (Lipinski definition) is 1. The SMILES string of the molecule is CCOC(=O)CSc1ccc(Br)cc1CNC. The van der Waals surface area contributed by atoms with E-state index in [2.05, 4.69) is 27.3 Å². The zero-order chi connectivity index (χ0) is 12.7. The van der Waals surface area contributed by atoms with E-state index in [0.29, 0.717) is 12.4 Å². The first-order valence-corrected chi connectivity index (χ1v) is 7.16. The van der Waals surface area contributed by atoms with E-state index >= 15 is 0 Å². The molecule has 0 saturated heterocycles. The Labute approximate surface area is 114 Å². The van der Waals surface area contributed by atoms with Crippen LogP contribution in [0.2, 0.25) is 0 Å². The molecule has 0 bridgehead atoms. The summed E-state index contributed by atoms with van der Waals surface area (Å²) in [6.07, 6.45) is 0. The van der Waals surface area contributed by atoms with Crippen LogP contribution in [-0.2, 0) is 16.1 Å². The Morgan fingerprint density at radius 1 is 1.53 bits per heavy atom. The van der Waals surface area contributed by atoms with Gasteiger partial charge >= 0.3 is 5.97 Å². The summed E-state index contributed by atoms with van der Waals surface area (Å²) in [4.78, 5) is 12.4. The van der Waals surface area contributed by atoms with E-state index < -0.39 is 0 Å². The third-order valence-corrected chi connectivity index (χ3v) is 3.62. The van der Waals surface area contributed by atoms with Gasteiger partial charge < -0.3 is 10.1 Å². The standard InChI is InChI=1S/C12H16BrNO2S/c1-3-16-12(15)8-17-11-5-4-10(13)6-9(11)7-14-2/h4-6,14H,3,7-8H2,1-2H3. The van der Waals surface area contributed by atoms with E-state index in [0.717, 1.165) is 15.9 Å². The van der Waals surface area contributed by atoms with Gasteiger partial charge in [0.05, 0.1) is 12.4 Å². The Balaban J connectivity index is 2.66. The molecule has 0 saturated carbocycles. The molecule has 5 heteroatoms. The predicted molar refractivity (Wildman–Crippen MR) is 74.3 cm³/mol. The van der Waals surface area contributed by atoms with Gasteiger partial charge in [-0.3, -0.25) is 4.79 Å². The molecular formula is C12H16BrNO2S. The minimum absolute atomic E-state index is 0.171. The van der Waals surface area contributed by atoms with Crippen molar-refractivity contribution in [3.63, 3.8) is 0 Å². The molecule has 17 heavy (non-hydrogen) atoms. The van der Waals surface area contributed by atoms with Crippen molar-refractivity contribution < 1.29 is 9.53 Å². The van der Waals surface area contributed by atoms with Crippen LogP contribution in [0.15, 0.2) is 27.6 Å². The van der Waals surface area contributed by atoms with Crippen LogP contribution >= 0.6 is 27.7 Å². The number of halogens is 1. The quantitative estimate of drug-likeness (QED) is 0.647. The number of carbonyl (C=O) groups is 1. The average molecular weight is 318 g/mol. The number of esters is 1. The summed E-state index contributed by atoms with van der Waals surface area (Å²) in [6, 6.07) is 6.05. The molecule has 1 aromatic rings. The van der Waals surface area contributed by atoms with E-state index in [-0.39, 0.29) is 5.97 Å². The number of benzene rings is 1. The smallest absolute Gasteiger partial charge is 0.316 e. The van der Waals surface area contributed by atoms with Crippen molar-refractivity contribution in [3.8, 4) is 0 Å². The molecule has 0 spiro atoms. The Kier molecular flexibility index (Phi) is 6.62. The van der Waals surface area contributed by atoms with Crippen LogP contribution in [0.5, 0.6) is 0 Å². The molecule has 0 unspecified atom stereocenters. The van der Waals surface area contributed by atoms with Crippen LogP contribution in [0.3, 0.4) is 0 Å². The van der Waals surface area contributed by atoms with Crippen molar-refractivity contribution in [3.05, 3.63) is 28.2 Å². The number of carbonyl (C=O) groups excluding carboxylic acids is 1. The Bertz CT molecular complexity index is 385. The van der Waals surface area contributed by atoms with Crippen LogP contribution in [0.1, 0.15) is 12.5 Å². The third kappa shape index (κ3) is 5.10. The molecule has 94 valence electrons. The van der Waals surface area contributed by atoms with E-state index in [1.165, 1.54) is 17.3 Å². The minimum atomic E-state index is -0.171. The zero-order valence-corrected chi connectivity index (χ0v) is 12.4. The average Bonchev–Trinajstić information content (AvgIpc) is 2.29. The van der Waals surface area contributed by atoms with Crippen LogP contribution in [0.4, 0.5) is 0 Å². The van der Waals surface area contributed by atoms with Gasteiger partial charge in [0, 0.05) is 15.9 Å². The fourth-order valence-corrected chi connectivity index (χ4v) is 2.60. The van der Waals surface area contributed by atoms with Gasteiger partial charge in [-0.25, -0.2) is 0 Å². The first-order chi connectivity index (χ1) is 8.17. The van der Waals surface area contributed by atoms with E-state index in [1.54, 1.807) is 0 Å². The molecule has 0 aromatic heterocycles. The first kappa shape index (κ1) is 14.5. The Hall–Kier alpha value is -0.520. The molecule has 0 atom stereocenters. The van der Waals surface area contributed by atoms with Crippen molar-refractivity contribution in [1.29, 1.82) is 0 Å². The number of rotatable bonds is 6. The lowest BCUT2D eigenvalue weighted by Crippen LogP contribution is -2.09. The molecule has 0 aliphatic carbocycles. The summed E-state index contributed by atoms with van der Waals surface area (Å²) in [5, 5.41) is 3.11. The molecule has 1 rings (SSSR count). The maximum absolute atomic E-state index is 11.3. The summed E-state index contributed by atoms with van der Waals surface area (Å²) in [6.45, 7) is 3.03. The van der Waals surface area contributed by atoms with Gasteiger partial charge in [-0.15, -0.1) is 11.8 Å². The highest BCUT2D eigenvalue weighted by molar-refractivity contribution is 9.10. The lowest BCUT2D eigenvalue weighted by Gasteiger charge is -2.09. The van der Waals surface area contributed by atoms with Crippen molar-refractivity contribution in [1.82, 2.24) is 5.32 Å². The topological polar surface area (TPSA) is 38.3 Å². The van der Waals surface area contributed by atoms with Crippen LogP contribution in [0, 0.1) is 0 Å². The lowest BCUT2D eigenvalue weighted by atomic mass is 10.2. The van der Waals surface area contributed by atoms with E-state index in [4.69, 9.17) is 4.74 Å². The Morgan fingerprint density at radius 3 is 2.94 bits per heavy atom. The van der Waals surface area contributed by atoms with Crippen LogP contribution in [0.25, 0.3) is 0 Å². The maximum Gasteiger partial charge on any atom is 0.316 e. The first-order valence-electron chi connectivity index (χ1n) is 5.38. The highest BCUT2D eigenvalue weighted by Gasteiger charge is 2.07. The lowest BCUT2D eigenvalue weighted by molar-refractivity contribution is -0.139. The monoisotopic (exact) mass is 317 g/mol.